The molecule has 0 heterocycles. The van der Waals surface area contributed by atoms with E-state index in [0.717, 1.165) is 29.0 Å². The van der Waals surface area contributed by atoms with E-state index in [-0.39, 0.29) is 0 Å². The summed E-state index contributed by atoms with van der Waals surface area (Å²) in [5.74, 6) is 0.786. The minimum atomic E-state index is -0.465. The summed E-state index contributed by atoms with van der Waals surface area (Å²) in [5, 5.41) is 10.2. The minimum absolute atomic E-state index is 0.465. The lowest BCUT2D eigenvalue weighted by atomic mass is 9.97. The van der Waals surface area contributed by atoms with Crippen molar-refractivity contribution >= 4 is 0 Å². The Balaban J connectivity index is 2.95. The van der Waals surface area contributed by atoms with Crippen LogP contribution in [0.25, 0.3) is 0 Å². The van der Waals surface area contributed by atoms with Crippen molar-refractivity contribution in [1.82, 2.24) is 4.90 Å². The summed E-state index contributed by atoms with van der Waals surface area (Å²) >= 11 is 0. The summed E-state index contributed by atoms with van der Waals surface area (Å²) in [6.45, 7) is 4.91. The van der Waals surface area contributed by atoms with E-state index >= 15 is 0 Å². The Hall–Kier alpha value is -1.06. The molecule has 0 amide bonds. The largest absolute Gasteiger partial charge is 0.496 e. The van der Waals surface area contributed by atoms with E-state index in [9.17, 15) is 5.11 Å². The quantitative estimate of drug-likeness (QED) is 0.853. The van der Waals surface area contributed by atoms with Crippen LogP contribution in [-0.4, -0.2) is 37.8 Å². The molecule has 0 aliphatic carbocycles. The van der Waals surface area contributed by atoms with Crippen LogP contribution in [0.15, 0.2) is 12.1 Å². The van der Waals surface area contributed by atoms with Gasteiger partial charge in [0.2, 0.25) is 0 Å². The van der Waals surface area contributed by atoms with Crippen LogP contribution in [0.5, 0.6) is 5.75 Å². The van der Waals surface area contributed by atoms with Crippen molar-refractivity contribution in [3.05, 3.63) is 28.8 Å². The molecule has 17 heavy (non-hydrogen) atoms. The Labute approximate surface area is 104 Å². The molecule has 1 rings (SSSR count). The Morgan fingerprint density at radius 2 is 1.94 bits per heavy atom. The summed E-state index contributed by atoms with van der Waals surface area (Å²) in [6.07, 6.45) is 0.251. The van der Waals surface area contributed by atoms with Crippen LogP contribution in [-0.2, 0) is 0 Å². The zero-order chi connectivity index (χ0) is 13.0. The molecule has 96 valence electrons. The van der Waals surface area contributed by atoms with Gasteiger partial charge in [-0.15, -0.1) is 0 Å². The van der Waals surface area contributed by atoms with E-state index in [1.807, 2.05) is 34.0 Å². The van der Waals surface area contributed by atoms with Crippen molar-refractivity contribution < 1.29 is 9.84 Å². The number of nitrogens with zero attached hydrogens (tertiary/aromatic N) is 1. The number of hydrogen-bond donors (Lipinski definition) is 1. The molecule has 0 bridgehead atoms. The highest BCUT2D eigenvalue weighted by Crippen LogP contribution is 2.31. The lowest BCUT2D eigenvalue weighted by Gasteiger charge is -2.19. The Kier molecular flexibility index (Phi) is 4.97. The highest BCUT2D eigenvalue weighted by Gasteiger charge is 2.16. The van der Waals surface area contributed by atoms with Crippen molar-refractivity contribution in [3.8, 4) is 5.75 Å². The van der Waals surface area contributed by atoms with Crippen molar-refractivity contribution in [1.29, 1.82) is 0 Å². The monoisotopic (exact) mass is 237 g/mol. The molecule has 0 aliphatic rings. The van der Waals surface area contributed by atoms with Crippen LogP contribution in [0.1, 0.15) is 29.2 Å². The number of aliphatic hydroxyl groups excluding tert-OH is 1. The second-order valence-corrected chi connectivity index (χ2v) is 4.81. The Bertz CT molecular complexity index is 375. The summed E-state index contributed by atoms with van der Waals surface area (Å²) in [4.78, 5) is 2.07. The highest BCUT2D eigenvalue weighted by atomic mass is 16.5. The van der Waals surface area contributed by atoms with Crippen molar-refractivity contribution in [2.75, 3.05) is 27.7 Å². The Morgan fingerprint density at radius 1 is 1.29 bits per heavy atom. The molecule has 1 unspecified atom stereocenters. The topological polar surface area (TPSA) is 32.7 Å². The fourth-order valence-electron chi connectivity index (χ4n) is 2.06. The van der Waals surface area contributed by atoms with Gasteiger partial charge < -0.3 is 14.7 Å². The molecule has 3 nitrogen and oxygen atoms in total. The predicted octanol–water partition coefficient (Wildman–Crippen LogP) is 2.30. The molecule has 0 spiro atoms. The van der Waals surface area contributed by atoms with Crippen LogP contribution in [0.4, 0.5) is 0 Å². The fourth-order valence-corrected chi connectivity index (χ4v) is 2.06. The fraction of sp³-hybridized carbons (Fsp3) is 0.571. The molecule has 1 atom stereocenters. The normalized spacial score (nSPS) is 12.9. The molecule has 0 aliphatic heterocycles. The van der Waals surface area contributed by atoms with E-state index in [0.29, 0.717) is 6.42 Å². The van der Waals surface area contributed by atoms with Gasteiger partial charge in [0.05, 0.1) is 13.2 Å². The smallest absolute Gasteiger partial charge is 0.125 e. The third-order valence-corrected chi connectivity index (χ3v) is 2.90. The highest BCUT2D eigenvalue weighted by molar-refractivity contribution is 5.44. The number of aryl methyl sites for hydroxylation is 2. The van der Waals surface area contributed by atoms with Crippen LogP contribution in [0.3, 0.4) is 0 Å². The number of ether oxygens (including phenoxy) is 1. The van der Waals surface area contributed by atoms with Crippen LogP contribution >= 0.6 is 0 Å². The Morgan fingerprint density at radius 3 is 2.47 bits per heavy atom. The first-order chi connectivity index (χ1) is 7.95. The van der Waals surface area contributed by atoms with Gasteiger partial charge in [-0.05, 0) is 51.6 Å². The third-order valence-electron chi connectivity index (χ3n) is 2.90. The van der Waals surface area contributed by atoms with Gasteiger partial charge >= 0.3 is 0 Å². The molecule has 0 fully saturated rings. The van der Waals surface area contributed by atoms with Crippen LogP contribution in [0.2, 0.25) is 0 Å². The minimum Gasteiger partial charge on any atom is -0.496 e. The summed E-state index contributed by atoms with van der Waals surface area (Å²) in [6, 6.07) is 4.05. The van der Waals surface area contributed by atoms with Gasteiger partial charge in [0.15, 0.2) is 0 Å². The lowest BCUT2D eigenvalue weighted by Crippen LogP contribution is -2.16. The second-order valence-electron chi connectivity index (χ2n) is 4.81. The van der Waals surface area contributed by atoms with E-state index in [4.69, 9.17) is 4.74 Å². The molecule has 3 heteroatoms. The molecule has 0 saturated carbocycles. The summed E-state index contributed by atoms with van der Waals surface area (Å²) < 4.78 is 5.36. The molecular formula is C14H23NO2. The van der Waals surface area contributed by atoms with Crippen LogP contribution < -0.4 is 4.74 Å². The van der Waals surface area contributed by atoms with Crippen molar-refractivity contribution in [2.45, 2.75) is 26.4 Å². The van der Waals surface area contributed by atoms with Gasteiger partial charge in [-0.1, -0.05) is 6.07 Å². The third kappa shape index (κ3) is 3.72. The summed E-state index contributed by atoms with van der Waals surface area (Å²) in [7, 11) is 5.66. The number of methoxy groups -OCH3 is 1. The number of aliphatic hydroxyl groups is 1. The first kappa shape index (κ1) is 14.0. The van der Waals surface area contributed by atoms with E-state index < -0.39 is 6.10 Å². The van der Waals surface area contributed by atoms with E-state index in [1.165, 1.54) is 0 Å². The maximum absolute atomic E-state index is 10.2. The van der Waals surface area contributed by atoms with E-state index in [2.05, 4.69) is 11.0 Å². The van der Waals surface area contributed by atoms with Gasteiger partial charge in [-0.2, -0.15) is 0 Å². The van der Waals surface area contributed by atoms with Crippen molar-refractivity contribution in [3.63, 3.8) is 0 Å². The van der Waals surface area contributed by atoms with Gasteiger partial charge in [0.1, 0.15) is 5.75 Å². The maximum Gasteiger partial charge on any atom is 0.125 e. The molecule has 1 N–H and O–H groups in total. The average Bonchev–Trinajstić information content (AvgIpc) is 2.24. The average molecular weight is 237 g/mol. The number of rotatable bonds is 5. The molecule has 0 saturated heterocycles. The predicted molar refractivity (Wildman–Crippen MR) is 70.6 cm³/mol. The van der Waals surface area contributed by atoms with Gasteiger partial charge in [0.25, 0.3) is 0 Å². The lowest BCUT2D eigenvalue weighted by molar-refractivity contribution is 0.150. The summed E-state index contributed by atoms with van der Waals surface area (Å²) in [5.41, 5.74) is 3.16. The zero-order valence-corrected chi connectivity index (χ0v) is 11.4. The first-order valence-electron chi connectivity index (χ1n) is 5.93. The standard InChI is InChI=1S/C14H23NO2/c1-10-8-11(2)14(13(9-10)17-5)12(16)6-7-15(3)4/h8-9,12,16H,6-7H2,1-5H3. The number of benzene rings is 1. The first-order valence-corrected chi connectivity index (χ1v) is 5.93. The van der Waals surface area contributed by atoms with Gasteiger partial charge in [0, 0.05) is 12.1 Å². The molecular weight excluding hydrogens is 214 g/mol. The van der Waals surface area contributed by atoms with Crippen LogP contribution in [0, 0.1) is 13.8 Å². The van der Waals surface area contributed by atoms with Crippen molar-refractivity contribution in [2.24, 2.45) is 0 Å². The van der Waals surface area contributed by atoms with E-state index in [1.54, 1.807) is 7.11 Å². The van der Waals surface area contributed by atoms with Gasteiger partial charge in [-0.25, -0.2) is 0 Å². The molecule has 0 aromatic heterocycles. The SMILES string of the molecule is COc1cc(C)cc(C)c1C(O)CCN(C)C. The maximum atomic E-state index is 10.2. The number of hydrogen-bond acceptors (Lipinski definition) is 3. The second kappa shape index (κ2) is 6.03. The molecule has 1 aromatic rings. The zero-order valence-electron chi connectivity index (χ0n) is 11.4. The molecule has 0 radical (unpaired) electrons. The molecule has 1 aromatic carbocycles. The van der Waals surface area contributed by atoms with Gasteiger partial charge in [-0.3, -0.25) is 0 Å².